The van der Waals surface area contributed by atoms with Crippen LogP contribution in [0.3, 0.4) is 0 Å². The lowest BCUT2D eigenvalue weighted by Crippen LogP contribution is -2.38. The van der Waals surface area contributed by atoms with E-state index < -0.39 is 10.0 Å². The van der Waals surface area contributed by atoms with Crippen molar-refractivity contribution >= 4 is 33.8 Å². The fourth-order valence-electron chi connectivity index (χ4n) is 4.04. The van der Waals surface area contributed by atoms with Gasteiger partial charge >= 0.3 is 0 Å². The molecule has 9 heteroatoms. The Morgan fingerprint density at radius 2 is 1.74 bits per heavy atom. The normalized spacial score (nSPS) is 15.4. The van der Waals surface area contributed by atoms with Crippen LogP contribution in [0.25, 0.3) is 12.2 Å². The summed E-state index contributed by atoms with van der Waals surface area (Å²) in [4.78, 5) is 8.95. The fourth-order valence-corrected chi connectivity index (χ4v) is 5.51. The highest BCUT2D eigenvalue weighted by Gasteiger charge is 2.29. The van der Waals surface area contributed by atoms with Crippen molar-refractivity contribution in [3.05, 3.63) is 72.1 Å². The molecule has 0 atom stereocenters. The van der Waals surface area contributed by atoms with Crippen molar-refractivity contribution in [3.63, 3.8) is 0 Å². The summed E-state index contributed by atoms with van der Waals surface area (Å²) in [5.41, 5.74) is 2.56. The summed E-state index contributed by atoms with van der Waals surface area (Å²) in [6.45, 7) is 1.12. The van der Waals surface area contributed by atoms with Crippen LogP contribution in [0.1, 0.15) is 30.4 Å². The van der Waals surface area contributed by atoms with Crippen LogP contribution in [0.4, 0.5) is 11.6 Å². The van der Waals surface area contributed by atoms with Gasteiger partial charge in [-0.3, -0.25) is 0 Å². The number of aliphatic hydroxyl groups excluding tert-OH is 1. The molecule has 184 valence electrons. The molecule has 0 spiro atoms. The lowest BCUT2D eigenvalue weighted by molar-refractivity contribution is 0.208. The first-order valence-corrected chi connectivity index (χ1v) is 13.0. The summed E-state index contributed by atoms with van der Waals surface area (Å²) < 4.78 is 32.7. The molecule has 1 aliphatic heterocycles. The number of piperidine rings is 1. The topological polar surface area (TPSA) is 105 Å². The van der Waals surface area contributed by atoms with E-state index in [1.165, 1.54) is 4.31 Å². The predicted molar refractivity (Wildman–Crippen MR) is 137 cm³/mol. The van der Waals surface area contributed by atoms with Crippen molar-refractivity contribution < 1.29 is 18.3 Å². The molecule has 35 heavy (non-hydrogen) atoms. The molecule has 1 saturated heterocycles. The zero-order chi connectivity index (χ0) is 24.7. The molecule has 0 radical (unpaired) electrons. The van der Waals surface area contributed by atoms with Gasteiger partial charge in [0.2, 0.25) is 16.0 Å². The molecule has 0 bridgehead atoms. The van der Waals surface area contributed by atoms with E-state index in [9.17, 15) is 8.42 Å². The van der Waals surface area contributed by atoms with E-state index in [2.05, 4.69) is 15.3 Å². The number of nitrogens with zero attached hydrogens (tertiary/aromatic N) is 3. The third kappa shape index (κ3) is 6.45. The van der Waals surface area contributed by atoms with Crippen LogP contribution in [0.2, 0.25) is 0 Å². The summed E-state index contributed by atoms with van der Waals surface area (Å²) in [7, 11) is -1.90. The van der Waals surface area contributed by atoms with Gasteiger partial charge < -0.3 is 15.2 Å². The van der Waals surface area contributed by atoms with Crippen LogP contribution in [-0.4, -0.2) is 54.6 Å². The van der Waals surface area contributed by atoms with Gasteiger partial charge in [0.15, 0.2) is 0 Å². The number of ether oxygens (including phenoxy) is 1. The first-order valence-electron chi connectivity index (χ1n) is 11.6. The van der Waals surface area contributed by atoms with Crippen molar-refractivity contribution in [2.75, 3.05) is 32.1 Å². The van der Waals surface area contributed by atoms with Gasteiger partial charge in [0, 0.05) is 43.3 Å². The van der Waals surface area contributed by atoms with E-state index in [4.69, 9.17) is 9.84 Å². The first kappa shape index (κ1) is 24.8. The van der Waals surface area contributed by atoms with Crippen molar-refractivity contribution in [1.29, 1.82) is 0 Å². The highest BCUT2D eigenvalue weighted by Crippen LogP contribution is 2.26. The van der Waals surface area contributed by atoms with Gasteiger partial charge in [-0.25, -0.2) is 18.4 Å². The number of aliphatic hydroxyl groups is 1. The van der Waals surface area contributed by atoms with Crippen molar-refractivity contribution in [2.45, 2.75) is 24.2 Å². The van der Waals surface area contributed by atoms with Crippen LogP contribution >= 0.6 is 0 Å². The van der Waals surface area contributed by atoms with Crippen LogP contribution in [0, 0.1) is 5.92 Å². The second-order valence-electron chi connectivity index (χ2n) is 8.46. The molecule has 0 unspecified atom stereocenters. The molecule has 1 aromatic heterocycles. The van der Waals surface area contributed by atoms with Crippen molar-refractivity contribution in [1.82, 2.24) is 14.3 Å². The molecule has 3 aromatic rings. The van der Waals surface area contributed by atoms with E-state index in [0.717, 1.165) is 36.1 Å². The van der Waals surface area contributed by atoms with Gasteiger partial charge in [0.05, 0.1) is 12.0 Å². The Labute approximate surface area is 206 Å². The average molecular weight is 495 g/mol. The van der Waals surface area contributed by atoms with Crippen molar-refractivity contribution in [3.8, 4) is 5.75 Å². The molecule has 0 saturated carbocycles. The first-order chi connectivity index (χ1) is 17.0. The van der Waals surface area contributed by atoms with Crippen LogP contribution < -0.4 is 10.1 Å². The molecule has 2 N–H and O–H groups in total. The summed E-state index contributed by atoms with van der Waals surface area (Å²) in [5, 5.41) is 12.2. The fraction of sp³-hybridized carbons (Fsp3) is 0.308. The standard InChI is InChI=1S/C26H30N4O4S/c1-34-24-4-2-3-21(17-24)5-6-22-18-27-26(28-19-22)29-23-7-9-25(10-8-23)35(32,33)30-14-11-20(12-15-30)13-16-31/h2-10,17-20,31H,11-16H2,1H3,(H,27,28,29)/b6-5+. The van der Waals surface area contributed by atoms with Gasteiger partial charge in [-0.2, -0.15) is 4.31 Å². The Balaban J connectivity index is 1.35. The quantitative estimate of drug-likeness (QED) is 0.460. The van der Waals surface area contributed by atoms with Crippen LogP contribution in [-0.2, 0) is 10.0 Å². The summed E-state index contributed by atoms with van der Waals surface area (Å²) in [6.07, 6.45) is 9.60. The van der Waals surface area contributed by atoms with Gasteiger partial charge in [-0.05, 0) is 67.1 Å². The number of hydrogen-bond donors (Lipinski definition) is 2. The minimum absolute atomic E-state index is 0.151. The van der Waals surface area contributed by atoms with Crippen LogP contribution in [0.15, 0.2) is 65.8 Å². The van der Waals surface area contributed by atoms with E-state index in [1.807, 2.05) is 36.4 Å². The van der Waals surface area contributed by atoms with E-state index in [0.29, 0.717) is 30.6 Å². The molecular formula is C26H30N4O4S. The van der Waals surface area contributed by atoms with E-state index in [-0.39, 0.29) is 11.5 Å². The zero-order valence-corrected chi connectivity index (χ0v) is 20.5. The van der Waals surface area contributed by atoms with Gasteiger partial charge in [0.1, 0.15) is 5.75 Å². The number of anilines is 2. The highest BCUT2D eigenvalue weighted by molar-refractivity contribution is 7.89. The molecule has 8 nitrogen and oxygen atoms in total. The second-order valence-corrected chi connectivity index (χ2v) is 10.4. The van der Waals surface area contributed by atoms with Crippen molar-refractivity contribution in [2.24, 2.45) is 5.92 Å². The Hall–Kier alpha value is -3.27. The largest absolute Gasteiger partial charge is 0.497 e. The number of sulfonamides is 1. The summed E-state index contributed by atoms with van der Waals surface area (Å²) in [5.74, 6) is 1.61. The minimum atomic E-state index is -3.53. The lowest BCUT2D eigenvalue weighted by Gasteiger charge is -2.31. The number of nitrogens with one attached hydrogen (secondary N) is 1. The SMILES string of the molecule is COc1cccc(/C=C/c2cnc(Nc3ccc(S(=O)(=O)N4CCC(CCO)CC4)cc3)nc2)c1. The summed E-state index contributed by atoms with van der Waals surface area (Å²) in [6, 6.07) is 14.4. The Kier molecular flexibility index (Phi) is 8.12. The molecule has 2 heterocycles. The predicted octanol–water partition coefficient (Wildman–Crippen LogP) is 4.18. The molecule has 0 amide bonds. The molecule has 2 aromatic carbocycles. The maximum Gasteiger partial charge on any atom is 0.243 e. The van der Waals surface area contributed by atoms with E-state index >= 15 is 0 Å². The van der Waals surface area contributed by atoms with Gasteiger partial charge in [-0.15, -0.1) is 0 Å². The third-order valence-corrected chi connectivity index (χ3v) is 8.01. The number of hydrogen-bond acceptors (Lipinski definition) is 7. The van der Waals surface area contributed by atoms with Gasteiger partial charge in [-0.1, -0.05) is 24.3 Å². The zero-order valence-electron chi connectivity index (χ0n) is 19.7. The van der Waals surface area contributed by atoms with Crippen LogP contribution in [0.5, 0.6) is 5.75 Å². The second kappa shape index (κ2) is 11.4. The monoisotopic (exact) mass is 494 g/mol. The molecular weight excluding hydrogens is 464 g/mol. The average Bonchev–Trinajstić information content (AvgIpc) is 2.89. The Morgan fingerprint density at radius 3 is 2.40 bits per heavy atom. The molecule has 0 aliphatic carbocycles. The third-order valence-electron chi connectivity index (χ3n) is 6.09. The molecule has 1 aliphatic rings. The number of aromatic nitrogens is 2. The smallest absolute Gasteiger partial charge is 0.243 e. The number of methoxy groups -OCH3 is 1. The highest BCUT2D eigenvalue weighted by atomic mass is 32.2. The maximum atomic E-state index is 13.0. The Morgan fingerprint density at radius 1 is 1.06 bits per heavy atom. The maximum absolute atomic E-state index is 13.0. The Bertz CT molecular complexity index is 1240. The van der Waals surface area contributed by atoms with E-state index in [1.54, 1.807) is 43.8 Å². The number of benzene rings is 2. The minimum Gasteiger partial charge on any atom is -0.497 e. The van der Waals surface area contributed by atoms with Gasteiger partial charge in [0.25, 0.3) is 0 Å². The summed E-state index contributed by atoms with van der Waals surface area (Å²) >= 11 is 0. The molecule has 1 fully saturated rings. The lowest BCUT2D eigenvalue weighted by atomic mass is 9.95. The number of rotatable bonds is 9. The molecule has 4 rings (SSSR count).